The van der Waals surface area contributed by atoms with Crippen LogP contribution in [0.25, 0.3) is 0 Å². The number of rotatable bonds is 4. The summed E-state index contributed by atoms with van der Waals surface area (Å²) >= 11 is 0. The molecule has 2 atom stereocenters. The van der Waals surface area contributed by atoms with Crippen molar-refractivity contribution in [3.05, 3.63) is 23.4 Å². The molecule has 2 rings (SSSR count). The second-order valence-electron chi connectivity index (χ2n) is 6.09. The van der Waals surface area contributed by atoms with Crippen LogP contribution in [-0.4, -0.2) is 33.6 Å². The van der Waals surface area contributed by atoms with Crippen LogP contribution in [0.5, 0.6) is 0 Å². The van der Waals surface area contributed by atoms with Crippen LogP contribution in [0.3, 0.4) is 0 Å². The molecular formula is C16H27N3O. The van der Waals surface area contributed by atoms with Gasteiger partial charge in [-0.25, -0.2) is 4.98 Å². The summed E-state index contributed by atoms with van der Waals surface area (Å²) in [5, 5.41) is 11.0. The van der Waals surface area contributed by atoms with Gasteiger partial charge in [-0.1, -0.05) is 13.3 Å². The summed E-state index contributed by atoms with van der Waals surface area (Å²) in [6, 6.07) is 1.92. The second kappa shape index (κ2) is 6.10. The predicted octanol–water partition coefficient (Wildman–Crippen LogP) is 2.66. The lowest BCUT2D eigenvalue weighted by atomic mass is 9.82. The maximum atomic E-state index is 11.0. The first-order valence-corrected chi connectivity index (χ1v) is 7.64. The van der Waals surface area contributed by atoms with Crippen molar-refractivity contribution in [2.75, 3.05) is 18.8 Å². The second-order valence-corrected chi connectivity index (χ2v) is 6.09. The lowest BCUT2D eigenvalue weighted by molar-refractivity contribution is -0.0352. The number of aromatic nitrogens is 1. The number of hydrogen-bond acceptors (Lipinski definition) is 4. The lowest BCUT2D eigenvalue weighted by Gasteiger charge is -2.46. The van der Waals surface area contributed by atoms with Crippen LogP contribution >= 0.6 is 0 Å². The Morgan fingerprint density at radius 2 is 2.05 bits per heavy atom. The van der Waals surface area contributed by atoms with Crippen LogP contribution in [0.15, 0.2) is 12.3 Å². The van der Waals surface area contributed by atoms with E-state index < -0.39 is 6.10 Å². The average Bonchev–Trinajstić information content (AvgIpc) is 2.47. The Hall–Kier alpha value is -1.13. The van der Waals surface area contributed by atoms with Gasteiger partial charge < -0.3 is 10.8 Å². The molecule has 0 aromatic carbocycles. The molecule has 1 aromatic rings. The molecule has 0 radical (unpaired) electrons. The number of nitrogens with two attached hydrogens (primary N) is 1. The van der Waals surface area contributed by atoms with E-state index >= 15 is 0 Å². The quantitative estimate of drug-likeness (QED) is 0.888. The van der Waals surface area contributed by atoms with Crippen molar-refractivity contribution in [3.8, 4) is 0 Å². The third kappa shape index (κ3) is 2.67. The van der Waals surface area contributed by atoms with E-state index in [0.29, 0.717) is 5.82 Å². The monoisotopic (exact) mass is 277 g/mol. The summed E-state index contributed by atoms with van der Waals surface area (Å²) in [7, 11) is 0. The van der Waals surface area contributed by atoms with Crippen LogP contribution in [-0.2, 0) is 0 Å². The zero-order valence-electron chi connectivity index (χ0n) is 12.9. The lowest BCUT2D eigenvalue weighted by Crippen LogP contribution is -2.52. The first-order chi connectivity index (χ1) is 9.50. The molecule has 1 saturated heterocycles. The van der Waals surface area contributed by atoms with Gasteiger partial charge in [0.25, 0.3) is 0 Å². The molecule has 1 aliphatic rings. The van der Waals surface area contributed by atoms with Gasteiger partial charge in [0.1, 0.15) is 11.9 Å². The van der Waals surface area contributed by atoms with E-state index in [1.54, 1.807) is 6.20 Å². The van der Waals surface area contributed by atoms with E-state index in [0.717, 1.165) is 30.6 Å². The predicted molar refractivity (Wildman–Crippen MR) is 82.5 cm³/mol. The third-order valence-electron chi connectivity index (χ3n) is 4.90. The molecule has 4 heteroatoms. The third-order valence-corrected chi connectivity index (χ3v) is 4.90. The molecule has 0 aliphatic carbocycles. The van der Waals surface area contributed by atoms with Crippen LogP contribution in [0, 0.1) is 6.92 Å². The number of anilines is 1. The zero-order chi connectivity index (χ0) is 14.8. The van der Waals surface area contributed by atoms with Crippen LogP contribution in [0.4, 0.5) is 5.82 Å². The smallest absolute Gasteiger partial charge is 0.129 e. The van der Waals surface area contributed by atoms with Crippen molar-refractivity contribution in [1.82, 2.24) is 9.88 Å². The molecule has 112 valence electrons. The van der Waals surface area contributed by atoms with Gasteiger partial charge in [-0.3, -0.25) is 4.90 Å². The molecule has 0 spiro atoms. The normalized spacial score (nSPS) is 21.4. The fraction of sp³-hybridized carbons (Fsp3) is 0.688. The first kappa shape index (κ1) is 15.3. The van der Waals surface area contributed by atoms with E-state index in [2.05, 4.69) is 23.7 Å². The first-order valence-electron chi connectivity index (χ1n) is 7.64. The molecule has 20 heavy (non-hydrogen) atoms. The summed E-state index contributed by atoms with van der Waals surface area (Å²) < 4.78 is 0. The Labute approximate surface area is 122 Å². The fourth-order valence-electron chi connectivity index (χ4n) is 3.25. The minimum atomic E-state index is -0.598. The maximum Gasteiger partial charge on any atom is 0.129 e. The Morgan fingerprint density at radius 3 is 2.60 bits per heavy atom. The minimum absolute atomic E-state index is 0.275. The Bertz CT molecular complexity index is 437. The Kier molecular flexibility index (Phi) is 4.66. The number of aliphatic hydroxyl groups is 1. The number of nitrogens with zero attached hydrogens (tertiary/aromatic N) is 2. The standard InChI is InChI=1S/C16H27N3O/c1-4-16(3,19-10-6-5-7-11-19)14(20)13-12(2)8-9-18-15(13)17/h8-9,14,20H,4-7,10-11H2,1-3H3,(H2,17,18). The van der Waals surface area contributed by atoms with Crippen molar-refractivity contribution < 1.29 is 5.11 Å². The molecule has 1 fully saturated rings. The topological polar surface area (TPSA) is 62.4 Å². The molecule has 4 nitrogen and oxygen atoms in total. The highest BCUT2D eigenvalue weighted by Crippen LogP contribution is 2.38. The van der Waals surface area contributed by atoms with E-state index in [4.69, 9.17) is 5.73 Å². The van der Waals surface area contributed by atoms with Crippen molar-refractivity contribution in [2.45, 2.75) is 58.1 Å². The maximum absolute atomic E-state index is 11.0. The highest BCUT2D eigenvalue weighted by atomic mass is 16.3. The average molecular weight is 277 g/mol. The zero-order valence-corrected chi connectivity index (χ0v) is 12.9. The summed E-state index contributed by atoms with van der Waals surface area (Å²) in [6.45, 7) is 8.39. The van der Waals surface area contributed by atoms with Gasteiger partial charge in [-0.15, -0.1) is 0 Å². The number of piperidine rings is 1. The van der Waals surface area contributed by atoms with Crippen LogP contribution in [0.1, 0.15) is 56.8 Å². The van der Waals surface area contributed by atoms with Gasteiger partial charge in [0.2, 0.25) is 0 Å². The van der Waals surface area contributed by atoms with E-state index in [-0.39, 0.29) is 5.54 Å². The van der Waals surface area contributed by atoms with Gasteiger partial charge in [-0.05, 0) is 57.8 Å². The summed E-state index contributed by atoms with van der Waals surface area (Å²) in [5.41, 5.74) is 7.55. The largest absolute Gasteiger partial charge is 0.386 e. The summed E-state index contributed by atoms with van der Waals surface area (Å²) in [6.07, 6.45) is 5.71. The van der Waals surface area contributed by atoms with Crippen molar-refractivity contribution in [1.29, 1.82) is 0 Å². The molecule has 0 bridgehead atoms. The van der Waals surface area contributed by atoms with E-state index in [9.17, 15) is 5.11 Å². The van der Waals surface area contributed by atoms with Crippen molar-refractivity contribution >= 4 is 5.82 Å². The molecule has 0 amide bonds. The highest BCUT2D eigenvalue weighted by molar-refractivity contribution is 5.46. The minimum Gasteiger partial charge on any atom is -0.386 e. The molecule has 1 aromatic heterocycles. The van der Waals surface area contributed by atoms with Crippen LogP contribution in [0.2, 0.25) is 0 Å². The summed E-state index contributed by atoms with van der Waals surface area (Å²) in [5.74, 6) is 0.453. The molecular weight excluding hydrogens is 250 g/mol. The molecule has 3 N–H and O–H groups in total. The molecule has 2 heterocycles. The molecule has 1 aliphatic heterocycles. The van der Waals surface area contributed by atoms with E-state index in [1.165, 1.54) is 19.3 Å². The number of hydrogen-bond donors (Lipinski definition) is 2. The van der Waals surface area contributed by atoms with Gasteiger partial charge in [0.05, 0.1) is 0 Å². The van der Waals surface area contributed by atoms with Gasteiger partial charge in [-0.2, -0.15) is 0 Å². The number of likely N-dealkylation sites (tertiary alicyclic amines) is 1. The fourth-order valence-corrected chi connectivity index (χ4v) is 3.25. The number of aliphatic hydroxyl groups excluding tert-OH is 1. The number of pyridine rings is 1. The summed E-state index contributed by atoms with van der Waals surface area (Å²) in [4.78, 5) is 6.58. The van der Waals surface area contributed by atoms with Crippen LogP contribution < -0.4 is 5.73 Å². The number of nitrogen functional groups attached to an aromatic ring is 1. The Morgan fingerprint density at radius 1 is 1.40 bits per heavy atom. The number of aryl methyl sites for hydroxylation is 1. The highest BCUT2D eigenvalue weighted by Gasteiger charge is 2.40. The molecule has 2 unspecified atom stereocenters. The van der Waals surface area contributed by atoms with E-state index in [1.807, 2.05) is 13.0 Å². The molecule has 0 saturated carbocycles. The Balaban J connectivity index is 2.34. The van der Waals surface area contributed by atoms with Gasteiger partial charge >= 0.3 is 0 Å². The van der Waals surface area contributed by atoms with Gasteiger partial charge in [0, 0.05) is 17.3 Å². The van der Waals surface area contributed by atoms with Crippen molar-refractivity contribution in [3.63, 3.8) is 0 Å². The van der Waals surface area contributed by atoms with Gasteiger partial charge in [0.15, 0.2) is 0 Å². The van der Waals surface area contributed by atoms with Crippen molar-refractivity contribution in [2.24, 2.45) is 0 Å². The SMILES string of the molecule is CCC(C)(C(O)c1c(C)ccnc1N)N1CCCCC1.